The number of piperazine rings is 1. The van der Waals surface area contributed by atoms with Gasteiger partial charge in [0.2, 0.25) is 10.0 Å². The van der Waals surface area contributed by atoms with Gasteiger partial charge in [-0.15, -0.1) is 0 Å². The van der Waals surface area contributed by atoms with Gasteiger partial charge in [-0.1, -0.05) is 12.1 Å². The Kier molecular flexibility index (Phi) is 4.93. The van der Waals surface area contributed by atoms with E-state index in [-0.39, 0.29) is 36.6 Å². The summed E-state index contributed by atoms with van der Waals surface area (Å²) in [6.07, 6.45) is 0. The van der Waals surface area contributed by atoms with E-state index in [1.165, 1.54) is 57.7 Å². The van der Waals surface area contributed by atoms with E-state index < -0.39 is 27.4 Å². The molecule has 1 aliphatic rings. The third-order valence-corrected chi connectivity index (χ3v) is 6.75. The minimum Gasteiger partial charge on any atom is -0.423 e. The molecule has 2 heterocycles. The first kappa shape index (κ1) is 19.3. The van der Waals surface area contributed by atoms with Gasteiger partial charge in [0, 0.05) is 37.6 Å². The predicted octanol–water partition coefficient (Wildman–Crippen LogP) is 2.08. The lowest BCUT2D eigenvalue weighted by molar-refractivity contribution is 0.0693. The van der Waals surface area contributed by atoms with Gasteiger partial charge in [0.15, 0.2) is 0 Å². The lowest BCUT2D eigenvalue weighted by Gasteiger charge is -2.34. The summed E-state index contributed by atoms with van der Waals surface area (Å²) in [6, 6.07) is 12.7. The van der Waals surface area contributed by atoms with Crippen molar-refractivity contribution in [2.75, 3.05) is 26.2 Å². The summed E-state index contributed by atoms with van der Waals surface area (Å²) in [5.41, 5.74) is -0.236. The van der Waals surface area contributed by atoms with Crippen LogP contribution in [0.4, 0.5) is 4.39 Å². The van der Waals surface area contributed by atoms with Crippen LogP contribution in [0, 0.1) is 5.82 Å². The molecule has 7 nitrogen and oxygen atoms in total. The Morgan fingerprint density at radius 3 is 2.41 bits per heavy atom. The average molecular weight is 416 g/mol. The van der Waals surface area contributed by atoms with Crippen molar-refractivity contribution in [3.63, 3.8) is 0 Å². The van der Waals surface area contributed by atoms with Gasteiger partial charge in [-0.05, 0) is 36.4 Å². The molecule has 0 radical (unpaired) electrons. The molecule has 1 saturated heterocycles. The quantitative estimate of drug-likeness (QED) is 0.610. The van der Waals surface area contributed by atoms with E-state index in [0.29, 0.717) is 11.0 Å². The number of rotatable bonds is 3. The number of amides is 1. The van der Waals surface area contributed by atoms with E-state index in [2.05, 4.69) is 0 Å². The number of hydrogen-bond acceptors (Lipinski definition) is 5. The van der Waals surface area contributed by atoms with Crippen LogP contribution in [0.5, 0.6) is 0 Å². The molecule has 1 aromatic heterocycles. The van der Waals surface area contributed by atoms with Crippen molar-refractivity contribution in [3.8, 4) is 0 Å². The summed E-state index contributed by atoms with van der Waals surface area (Å²) in [4.78, 5) is 25.3. The first-order chi connectivity index (χ1) is 13.9. The molecule has 0 unspecified atom stereocenters. The molecule has 150 valence electrons. The maximum Gasteiger partial charge on any atom is 0.336 e. The summed E-state index contributed by atoms with van der Waals surface area (Å²) in [7, 11) is -3.78. The van der Waals surface area contributed by atoms with Crippen LogP contribution in [-0.4, -0.2) is 49.7 Å². The van der Waals surface area contributed by atoms with Crippen molar-refractivity contribution in [3.05, 3.63) is 76.4 Å². The maximum atomic E-state index is 13.9. The monoisotopic (exact) mass is 416 g/mol. The minimum atomic E-state index is -3.78. The van der Waals surface area contributed by atoms with E-state index >= 15 is 0 Å². The minimum absolute atomic E-state index is 0.0279. The molecule has 29 heavy (non-hydrogen) atoms. The third kappa shape index (κ3) is 3.66. The number of halogens is 1. The Morgan fingerprint density at radius 1 is 0.966 bits per heavy atom. The Hall–Kier alpha value is -3.04. The Bertz CT molecular complexity index is 1250. The van der Waals surface area contributed by atoms with Gasteiger partial charge in [0.1, 0.15) is 11.4 Å². The smallest absolute Gasteiger partial charge is 0.336 e. The molecule has 0 aliphatic carbocycles. The van der Waals surface area contributed by atoms with Gasteiger partial charge in [-0.25, -0.2) is 17.6 Å². The Morgan fingerprint density at radius 2 is 1.69 bits per heavy atom. The highest BCUT2D eigenvalue weighted by atomic mass is 32.2. The molecule has 4 rings (SSSR count). The van der Waals surface area contributed by atoms with Gasteiger partial charge in [0.05, 0.1) is 10.5 Å². The van der Waals surface area contributed by atoms with Gasteiger partial charge in [-0.2, -0.15) is 4.31 Å². The van der Waals surface area contributed by atoms with Gasteiger partial charge >= 0.3 is 5.63 Å². The lowest BCUT2D eigenvalue weighted by Crippen LogP contribution is -2.50. The first-order valence-corrected chi connectivity index (χ1v) is 10.4. The van der Waals surface area contributed by atoms with Crippen LogP contribution in [0.3, 0.4) is 0 Å². The number of carbonyl (C=O) groups is 1. The highest BCUT2D eigenvalue weighted by molar-refractivity contribution is 7.89. The third-order valence-electron chi connectivity index (χ3n) is 4.86. The first-order valence-electron chi connectivity index (χ1n) is 8.94. The second kappa shape index (κ2) is 7.41. The molecule has 1 aliphatic heterocycles. The van der Waals surface area contributed by atoms with E-state index in [1.807, 2.05) is 0 Å². The number of benzene rings is 2. The van der Waals surface area contributed by atoms with Crippen LogP contribution in [0.1, 0.15) is 10.4 Å². The molecule has 0 bridgehead atoms. The molecule has 2 aromatic carbocycles. The number of carbonyl (C=O) groups excluding carboxylic acids is 1. The molecular weight excluding hydrogens is 399 g/mol. The summed E-state index contributed by atoms with van der Waals surface area (Å²) in [5.74, 6) is -1.06. The van der Waals surface area contributed by atoms with E-state index in [4.69, 9.17) is 4.42 Å². The van der Waals surface area contributed by atoms with Crippen LogP contribution in [0.25, 0.3) is 11.0 Å². The largest absolute Gasteiger partial charge is 0.423 e. The highest BCUT2D eigenvalue weighted by Crippen LogP contribution is 2.23. The van der Waals surface area contributed by atoms with Crippen molar-refractivity contribution in [1.29, 1.82) is 0 Å². The van der Waals surface area contributed by atoms with Crippen molar-refractivity contribution < 1.29 is 22.0 Å². The molecule has 9 heteroatoms. The van der Waals surface area contributed by atoms with Crippen molar-refractivity contribution in [1.82, 2.24) is 9.21 Å². The van der Waals surface area contributed by atoms with Gasteiger partial charge in [0.25, 0.3) is 5.91 Å². The molecular formula is C20H17FN2O5S. The summed E-state index contributed by atoms with van der Waals surface area (Å²) in [6.45, 7) is 0.526. The Labute approximate surface area is 166 Å². The fourth-order valence-electron chi connectivity index (χ4n) is 3.30. The lowest BCUT2D eigenvalue weighted by atomic mass is 10.1. The summed E-state index contributed by atoms with van der Waals surface area (Å²) in [5, 5.41) is 0.499. The maximum absolute atomic E-state index is 13.9. The van der Waals surface area contributed by atoms with Crippen LogP contribution >= 0.6 is 0 Å². The topological polar surface area (TPSA) is 87.9 Å². The second-order valence-electron chi connectivity index (χ2n) is 6.63. The zero-order chi connectivity index (χ0) is 20.6. The molecule has 1 fully saturated rings. The second-order valence-corrected chi connectivity index (χ2v) is 8.57. The number of hydrogen-bond donors (Lipinski definition) is 0. The number of fused-ring (bicyclic) bond motifs is 1. The summed E-state index contributed by atoms with van der Waals surface area (Å²) < 4.78 is 46.1. The number of nitrogens with zero attached hydrogens (tertiary/aromatic N) is 2. The fourth-order valence-corrected chi connectivity index (χ4v) is 4.75. The van der Waals surface area contributed by atoms with Gasteiger partial charge < -0.3 is 9.32 Å². The zero-order valence-electron chi connectivity index (χ0n) is 15.2. The predicted molar refractivity (Wildman–Crippen MR) is 104 cm³/mol. The molecule has 3 aromatic rings. The molecule has 0 N–H and O–H groups in total. The van der Waals surface area contributed by atoms with Crippen molar-refractivity contribution >= 4 is 26.9 Å². The van der Waals surface area contributed by atoms with E-state index in [0.717, 1.165) is 0 Å². The van der Waals surface area contributed by atoms with Crippen LogP contribution < -0.4 is 5.63 Å². The van der Waals surface area contributed by atoms with E-state index in [1.54, 1.807) is 6.07 Å². The fraction of sp³-hybridized carbons (Fsp3) is 0.200. The molecule has 0 spiro atoms. The molecule has 0 atom stereocenters. The SMILES string of the molecule is O=C(c1ccccc1F)N1CCN(S(=O)(=O)c2ccc3oc(=O)ccc3c2)CC1. The highest BCUT2D eigenvalue weighted by Gasteiger charge is 2.31. The van der Waals surface area contributed by atoms with Crippen molar-refractivity contribution in [2.45, 2.75) is 4.90 Å². The van der Waals surface area contributed by atoms with Crippen LogP contribution in [0.2, 0.25) is 0 Å². The standard InChI is InChI=1S/C20H17FN2O5S/c21-17-4-2-1-3-16(17)20(25)22-9-11-23(12-10-22)29(26,27)15-6-7-18-14(13-15)5-8-19(24)28-18/h1-8,13H,9-12H2. The normalized spacial score (nSPS) is 15.6. The van der Waals surface area contributed by atoms with E-state index in [9.17, 15) is 22.4 Å². The van der Waals surface area contributed by atoms with Crippen LogP contribution in [-0.2, 0) is 10.0 Å². The van der Waals surface area contributed by atoms with Crippen molar-refractivity contribution in [2.24, 2.45) is 0 Å². The van der Waals surface area contributed by atoms with Gasteiger partial charge in [-0.3, -0.25) is 4.79 Å². The molecule has 0 saturated carbocycles. The summed E-state index contributed by atoms with van der Waals surface area (Å²) >= 11 is 0. The zero-order valence-corrected chi connectivity index (χ0v) is 16.1. The number of sulfonamides is 1. The molecule has 1 amide bonds. The average Bonchev–Trinajstić information content (AvgIpc) is 2.73. The van der Waals surface area contributed by atoms with Crippen LogP contribution in [0.15, 0.2) is 68.7 Å². The Balaban J connectivity index is 1.52.